The van der Waals surface area contributed by atoms with Gasteiger partial charge in [0.25, 0.3) is 0 Å². The molecule has 0 spiro atoms. The van der Waals surface area contributed by atoms with E-state index in [2.05, 4.69) is 4.72 Å². The molecular formula is C14H21NO4S. The second kappa shape index (κ2) is 7.40. The molecule has 1 N–H and O–H groups in total. The van der Waals surface area contributed by atoms with Crippen molar-refractivity contribution >= 4 is 15.8 Å². The fourth-order valence-electron chi connectivity index (χ4n) is 1.73. The summed E-state index contributed by atoms with van der Waals surface area (Å²) in [5.41, 5.74) is 0.379. The molecular weight excluding hydrogens is 278 g/mol. The van der Waals surface area contributed by atoms with Gasteiger partial charge in [-0.15, -0.1) is 0 Å². The second-order valence-corrected chi connectivity index (χ2v) is 6.13. The van der Waals surface area contributed by atoms with Gasteiger partial charge < -0.3 is 4.74 Å². The van der Waals surface area contributed by atoms with Crippen LogP contribution in [0.25, 0.3) is 0 Å². The predicted molar refractivity (Wildman–Crippen MR) is 77.7 cm³/mol. The second-order valence-electron chi connectivity index (χ2n) is 4.39. The van der Waals surface area contributed by atoms with Gasteiger partial charge in [0.05, 0.1) is 7.11 Å². The molecule has 1 aromatic carbocycles. The van der Waals surface area contributed by atoms with E-state index in [1.807, 2.05) is 6.92 Å². The number of methoxy groups -OCH3 is 1. The Labute approximate surface area is 120 Å². The zero-order valence-corrected chi connectivity index (χ0v) is 12.9. The van der Waals surface area contributed by atoms with Crippen LogP contribution in [0.3, 0.4) is 0 Å². The van der Waals surface area contributed by atoms with Crippen LogP contribution in [-0.2, 0) is 10.0 Å². The number of nitrogens with one attached hydrogen (secondary N) is 1. The Morgan fingerprint density at radius 2 is 2.00 bits per heavy atom. The highest BCUT2D eigenvalue weighted by Crippen LogP contribution is 2.25. The van der Waals surface area contributed by atoms with Gasteiger partial charge >= 0.3 is 0 Å². The summed E-state index contributed by atoms with van der Waals surface area (Å²) in [4.78, 5) is 11.7. The molecule has 0 aliphatic heterocycles. The Hall–Kier alpha value is -1.40. The molecule has 1 aromatic rings. The summed E-state index contributed by atoms with van der Waals surface area (Å²) in [7, 11) is -2.26. The van der Waals surface area contributed by atoms with E-state index in [9.17, 15) is 13.2 Å². The van der Waals surface area contributed by atoms with Crippen molar-refractivity contribution in [3.8, 4) is 5.75 Å². The van der Waals surface area contributed by atoms with Gasteiger partial charge in [-0.3, -0.25) is 4.79 Å². The van der Waals surface area contributed by atoms with Gasteiger partial charge in [0.1, 0.15) is 10.6 Å². The van der Waals surface area contributed by atoms with Crippen molar-refractivity contribution in [2.24, 2.45) is 0 Å². The van der Waals surface area contributed by atoms with Crippen LogP contribution in [0.15, 0.2) is 23.1 Å². The Morgan fingerprint density at radius 3 is 2.55 bits per heavy atom. The molecule has 1 rings (SSSR count). The van der Waals surface area contributed by atoms with E-state index in [-0.39, 0.29) is 16.4 Å². The van der Waals surface area contributed by atoms with Gasteiger partial charge in [-0.25, -0.2) is 13.1 Å². The fraction of sp³-hybridized carbons (Fsp3) is 0.500. The van der Waals surface area contributed by atoms with Crippen LogP contribution in [0, 0.1) is 0 Å². The van der Waals surface area contributed by atoms with Crippen molar-refractivity contribution < 1.29 is 17.9 Å². The lowest BCUT2D eigenvalue weighted by molar-refractivity contribution is 0.0988. The highest BCUT2D eigenvalue weighted by atomic mass is 32.2. The molecule has 0 saturated carbocycles. The van der Waals surface area contributed by atoms with Gasteiger partial charge in [-0.2, -0.15) is 0 Å². The first-order chi connectivity index (χ1) is 9.46. The number of rotatable bonds is 8. The summed E-state index contributed by atoms with van der Waals surface area (Å²) >= 11 is 0. The van der Waals surface area contributed by atoms with Crippen LogP contribution < -0.4 is 9.46 Å². The minimum atomic E-state index is -3.67. The maximum absolute atomic E-state index is 12.2. The number of unbranched alkanes of at least 4 members (excludes halogenated alkanes) is 1. The summed E-state index contributed by atoms with van der Waals surface area (Å²) in [5, 5.41) is 0. The minimum absolute atomic E-state index is 0.00963. The number of hydrogen-bond acceptors (Lipinski definition) is 4. The SMILES string of the molecule is CCCCNS(=O)(=O)c1cc(C(=O)CC)ccc1OC. The van der Waals surface area contributed by atoms with E-state index in [0.29, 0.717) is 18.5 Å². The van der Waals surface area contributed by atoms with E-state index in [0.717, 1.165) is 12.8 Å². The molecule has 0 saturated heterocycles. The van der Waals surface area contributed by atoms with E-state index >= 15 is 0 Å². The molecule has 0 fully saturated rings. The van der Waals surface area contributed by atoms with Crippen molar-refractivity contribution in [3.05, 3.63) is 23.8 Å². The Morgan fingerprint density at radius 1 is 1.30 bits per heavy atom. The smallest absolute Gasteiger partial charge is 0.244 e. The van der Waals surface area contributed by atoms with Crippen molar-refractivity contribution in [1.82, 2.24) is 4.72 Å². The van der Waals surface area contributed by atoms with E-state index in [4.69, 9.17) is 4.74 Å². The Balaban J connectivity index is 3.16. The van der Waals surface area contributed by atoms with Crippen LogP contribution >= 0.6 is 0 Å². The maximum atomic E-state index is 12.2. The minimum Gasteiger partial charge on any atom is -0.495 e. The number of Topliss-reactive ketones (excluding diaryl/α,β-unsaturated/α-hetero) is 1. The quantitative estimate of drug-likeness (QED) is 0.591. The van der Waals surface area contributed by atoms with Crippen LogP contribution in [0.4, 0.5) is 0 Å². The monoisotopic (exact) mass is 299 g/mol. The van der Waals surface area contributed by atoms with Crippen LogP contribution in [0.1, 0.15) is 43.5 Å². The average molecular weight is 299 g/mol. The summed E-state index contributed by atoms with van der Waals surface area (Å²) in [5.74, 6) is 0.138. The van der Waals surface area contributed by atoms with Crippen LogP contribution in [0.5, 0.6) is 5.75 Å². The third-order valence-electron chi connectivity index (χ3n) is 2.92. The highest BCUT2D eigenvalue weighted by Gasteiger charge is 2.20. The Bertz CT molecular complexity index is 567. The molecule has 20 heavy (non-hydrogen) atoms. The molecule has 5 nitrogen and oxygen atoms in total. The first-order valence-corrected chi connectivity index (χ1v) is 8.15. The zero-order valence-electron chi connectivity index (χ0n) is 12.1. The average Bonchev–Trinajstić information content (AvgIpc) is 2.45. The molecule has 0 atom stereocenters. The third-order valence-corrected chi connectivity index (χ3v) is 4.40. The molecule has 0 radical (unpaired) electrons. The standard InChI is InChI=1S/C14H21NO4S/c1-4-6-9-15-20(17,18)14-10-11(12(16)5-2)7-8-13(14)19-3/h7-8,10,15H,4-6,9H2,1-3H3. The number of benzene rings is 1. The van der Waals surface area contributed by atoms with E-state index < -0.39 is 10.0 Å². The van der Waals surface area contributed by atoms with Crippen LogP contribution in [0.2, 0.25) is 0 Å². The van der Waals surface area contributed by atoms with Crippen LogP contribution in [-0.4, -0.2) is 27.9 Å². The highest BCUT2D eigenvalue weighted by molar-refractivity contribution is 7.89. The number of carbonyl (C=O) groups excluding carboxylic acids is 1. The van der Waals surface area contributed by atoms with E-state index in [1.165, 1.54) is 19.2 Å². The number of ketones is 1. The van der Waals surface area contributed by atoms with Crippen molar-refractivity contribution in [2.45, 2.75) is 38.0 Å². The number of ether oxygens (including phenoxy) is 1. The Kier molecular flexibility index (Phi) is 6.16. The predicted octanol–water partition coefficient (Wildman–Crippen LogP) is 2.37. The normalized spacial score (nSPS) is 11.3. The first kappa shape index (κ1) is 16.7. The van der Waals surface area contributed by atoms with Crippen molar-refractivity contribution in [1.29, 1.82) is 0 Å². The molecule has 6 heteroatoms. The molecule has 0 aliphatic carbocycles. The van der Waals surface area contributed by atoms with Gasteiger partial charge in [0.2, 0.25) is 10.0 Å². The fourth-order valence-corrected chi connectivity index (χ4v) is 2.99. The zero-order chi connectivity index (χ0) is 15.2. The van der Waals surface area contributed by atoms with Gasteiger partial charge in [0.15, 0.2) is 5.78 Å². The van der Waals surface area contributed by atoms with E-state index in [1.54, 1.807) is 13.0 Å². The number of hydrogen-bond donors (Lipinski definition) is 1. The molecule has 0 unspecified atom stereocenters. The maximum Gasteiger partial charge on any atom is 0.244 e. The van der Waals surface area contributed by atoms with Gasteiger partial charge in [-0.1, -0.05) is 20.3 Å². The van der Waals surface area contributed by atoms with Gasteiger partial charge in [0, 0.05) is 18.5 Å². The molecule has 0 amide bonds. The van der Waals surface area contributed by atoms with Crippen molar-refractivity contribution in [2.75, 3.05) is 13.7 Å². The van der Waals surface area contributed by atoms with Gasteiger partial charge in [-0.05, 0) is 24.6 Å². The summed E-state index contributed by atoms with van der Waals surface area (Å²) in [6, 6.07) is 4.46. The largest absolute Gasteiger partial charge is 0.495 e. The lowest BCUT2D eigenvalue weighted by atomic mass is 10.1. The molecule has 0 heterocycles. The molecule has 0 aromatic heterocycles. The summed E-state index contributed by atoms with van der Waals surface area (Å²) in [6.45, 7) is 4.09. The first-order valence-electron chi connectivity index (χ1n) is 6.67. The topological polar surface area (TPSA) is 72.5 Å². The third kappa shape index (κ3) is 4.05. The molecule has 0 bridgehead atoms. The number of sulfonamides is 1. The molecule has 0 aliphatic rings. The molecule has 112 valence electrons. The lowest BCUT2D eigenvalue weighted by Crippen LogP contribution is -2.25. The van der Waals surface area contributed by atoms with Crippen molar-refractivity contribution in [3.63, 3.8) is 0 Å². The summed E-state index contributed by atoms with van der Waals surface area (Å²) in [6.07, 6.45) is 1.98. The lowest BCUT2D eigenvalue weighted by Gasteiger charge is -2.11. The summed E-state index contributed by atoms with van der Waals surface area (Å²) < 4.78 is 32.1. The number of carbonyl (C=O) groups is 1.